The van der Waals surface area contributed by atoms with Gasteiger partial charge in [0.25, 0.3) is 0 Å². The van der Waals surface area contributed by atoms with E-state index < -0.39 is 0 Å². The third kappa shape index (κ3) is 1.59. The van der Waals surface area contributed by atoms with Gasteiger partial charge in [-0.25, -0.2) is 15.0 Å². The van der Waals surface area contributed by atoms with Crippen molar-refractivity contribution < 1.29 is 0 Å². The Morgan fingerprint density at radius 3 is 2.93 bits per heavy atom. The maximum atomic E-state index is 4.46. The van der Waals surface area contributed by atoms with Crippen LogP contribution in [0.2, 0.25) is 0 Å². The van der Waals surface area contributed by atoms with Crippen molar-refractivity contribution in [2.24, 2.45) is 0 Å². The maximum absolute atomic E-state index is 4.46. The van der Waals surface area contributed by atoms with Crippen LogP contribution in [0.15, 0.2) is 11.5 Å². The summed E-state index contributed by atoms with van der Waals surface area (Å²) in [5.74, 6) is 0.985. The minimum absolute atomic E-state index is 0.771. The zero-order chi connectivity index (χ0) is 9.97. The molecule has 0 bridgehead atoms. The lowest BCUT2D eigenvalue weighted by molar-refractivity contribution is 0.915. The predicted octanol–water partition coefficient (Wildman–Crippen LogP) is 2.03. The number of fused-ring (bicyclic) bond motifs is 1. The molecule has 0 atom stereocenters. The van der Waals surface area contributed by atoms with E-state index in [0.717, 1.165) is 34.2 Å². The van der Waals surface area contributed by atoms with Gasteiger partial charge in [-0.3, -0.25) is 0 Å². The monoisotopic (exact) mass is 208 g/mol. The Bertz CT molecular complexity index is 437. The van der Waals surface area contributed by atoms with E-state index in [0.29, 0.717) is 0 Å². The van der Waals surface area contributed by atoms with Gasteiger partial charge in [0, 0.05) is 0 Å². The number of nitrogens with zero attached hydrogens (tertiary/aromatic N) is 3. The average Bonchev–Trinajstić information content (AvgIpc) is 2.65. The summed E-state index contributed by atoms with van der Waals surface area (Å²) in [6.45, 7) is 4.18. The molecule has 0 aromatic carbocycles. The first-order chi connectivity index (χ1) is 6.85. The van der Waals surface area contributed by atoms with E-state index in [1.165, 1.54) is 0 Å². The van der Waals surface area contributed by atoms with E-state index >= 15 is 0 Å². The molecule has 5 heteroatoms. The quantitative estimate of drug-likeness (QED) is 0.619. The van der Waals surface area contributed by atoms with Crippen LogP contribution >= 0.6 is 11.8 Å². The molecule has 0 aliphatic carbocycles. The van der Waals surface area contributed by atoms with Gasteiger partial charge in [-0.15, -0.1) is 0 Å². The topological polar surface area (TPSA) is 54.5 Å². The Balaban J connectivity index is 2.55. The molecule has 2 aromatic heterocycles. The SMILES string of the molecule is CCSc1nc(CC)c2[nH]cnc2n1. The summed E-state index contributed by atoms with van der Waals surface area (Å²) in [5, 5.41) is 0.823. The fourth-order valence-electron chi connectivity index (χ4n) is 1.32. The summed E-state index contributed by atoms with van der Waals surface area (Å²) >= 11 is 1.65. The van der Waals surface area contributed by atoms with Gasteiger partial charge in [0.05, 0.1) is 12.0 Å². The summed E-state index contributed by atoms with van der Waals surface area (Å²) in [5.41, 5.74) is 2.78. The molecule has 0 amide bonds. The highest BCUT2D eigenvalue weighted by molar-refractivity contribution is 7.99. The Morgan fingerprint density at radius 1 is 1.36 bits per heavy atom. The molecule has 14 heavy (non-hydrogen) atoms. The van der Waals surface area contributed by atoms with E-state index in [1.54, 1.807) is 18.1 Å². The molecule has 2 aromatic rings. The Morgan fingerprint density at radius 2 is 2.21 bits per heavy atom. The number of rotatable bonds is 3. The van der Waals surface area contributed by atoms with Crippen LogP contribution in [-0.2, 0) is 6.42 Å². The van der Waals surface area contributed by atoms with Crippen LogP contribution < -0.4 is 0 Å². The van der Waals surface area contributed by atoms with Crippen LogP contribution in [0.4, 0.5) is 0 Å². The number of imidazole rings is 1. The Labute approximate surface area is 86.6 Å². The lowest BCUT2D eigenvalue weighted by atomic mass is 10.3. The van der Waals surface area contributed by atoms with Gasteiger partial charge in [-0.2, -0.15) is 0 Å². The molecule has 2 heterocycles. The van der Waals surface area contributed by atoms with Crippen molar-refractivity contribution in [1.29, 1.82) is 0 Å². The number of hydrogen-bond donors (Lipinski definition) is 1. The van der Waals surface area contributed by atoms with Gasteiger partial charge in [-0.05, 0) is 12.2 Å². The molecule has 0 spiro atoms. The Kier molecular flexibility index (Phi) is 2.67. The first kappa shape index (κ1) is 9.45. The van der Waals surface area contributed by atoms with Crippen LogP contribution in [0.25, 0.3) is 11.2 Å². The zero-order valence-electron chi connectivity index (χ0n) is 8.24. The Hall–Kier alpha value is -1.10. The van der Waals surface area contributed by atoms with Gasteiger partial charge >= 0.3 is 0 Å². The van der Waals surface area contributed by atoms with Crippen molar-refractivity contribution in [3.05, 3.63) is 12.0 Å². The van der Waals surface area contributed by atoms with Gasteiger partial charge in [-0.1, -0.05) is 25.6 Å². The van der Waals surface area contributed by atoms with E-state index in [4.69, 9.17) is 0 Å². The highest BCUT2D eigenvalue weighted by Crippen LogP contribution is 2.18. The summed E-state index contributed by atoms with van der Waals surface area (Å²) < 4.78 is 0. The largest absolute Gasteiger partial charge is 0.342 e. The van der Waals surface area contributed by atoms with Crippen molar-refractivity contribution >= 4 is 22.9 Å². The number of hydrogen-bond acceptors (Lipinski definition) is 4. The van der Waals surface area contributed by atoms with E-state index in [9.17, 15) is 0 Å². The molecule has 0 radical (unpaired) electrons. The molecular formula is C9H12N4S. The first-order valence-corrected chi connectivity index (χ1v) is 5.66. The average molecular weight is 208 g/mol. The molecule has 0 saturated carbocycles. The summed E-state index contributed by atoms with van der Waals surface area (Å²) in [4.78, 5) is 16.0. The fraction of sp³-hybridized carbons (Fsp3) is 0.444. The third-order valence-electron chi connectivity index (χ3n) is 1.95. The second-order valence-corrected chi connectivity index (χ2v) is 4.07. The minimum Gasteiger partial charge on any atom is -0.342 e. The molecule has 0 aliphatic heterocycles. The number of H-pyrrole nitrogens is 1. The molecule has 0 unspecified atom stereocenters. The van der Waals surface area contributed by atoms with Crippen LogP contribution in [0, 0.1) is 0 Å². The summed E-state index contributed by atoms with van der Waals surface area (Å²) in [6.07, 6.45) is 2.57. The second kappa shape index (κ2) is 3.96. The second-order valence-electron chi connectivity index (χ2n) is 2.84. The molecule has 0 aliphatic rings. The van der Waals surface area contributed by atoms with E-state index in [2.05, 4.69) is 33.8 Å². The van der Waals surface area contributed by atoms with Gasteiger partial charge in [0.2, 0.25) is 0 Å². The lowest BCUT2D eigenvalue weighted by Crippen LogP contribution is -1.95. The molecule has 2 rings (SSSR count). The van der Waals surface area contributed by atoms with Crippen molar-refractivity contribution in [3.63, 3.8) is 0 Å². The molecular weight excluding hydrogens is 196 g/mol. The van der Waals surface area contributed by atoms with Crippen LogP contribution in [0.1, 0.15) is 19.5 Å². The number of aromatic amines is 1. The van der Waals surface area contributed by atoms with Gasteiger partial charge in [0.15, 0.2) is 10.8 Å². The van der Waals surface area contributed by atoms with Gasteiger partial charge < -0.3 is 4.98 Å². The van der Waals surface area contributed by atoms with Crippen molar-refractivity contribution in [2.75, 3.05) is 5.75 Å². The molecule has 4 nitrogen and oxygen atoms in total. The van der Waals surface area contributed by atoms with E-state index in [1.807, 2.05) is 0 Å². The smallest absolute Gasteiger partial charge is 0.189 e. The summed E-state index contributed by atoms with van der Waals surface area (Å²) in [7, 11) is 0. The van der Waals surface area contributed by atoms with E-state index in [-0.39, 0.29) is 0 Å². The zero-order valence-corrected chi connectivity index (χ0v) is 9.06. The maximum Gasteiger partial charge on any atom is 0.189 e. The van der Waals surface area contributed by atoms with Crippen molar-refractivity contribution in [2.45, 2.75) is 25.4 Å². The number of thioether (sulfide) groups is 1. The molecule has 74 valence electrons. The highest BCUT2D eigenvalue weighted by atomic mass is 32.2. The lowest BCUT2D eigenvalue weighted by Gasteiger charge is -2.01. The fourth-order valence-corrected chi connectivity index (χ4v) is 1.90. The van der Waals surface area contributed by atoms with Crippen molar-refractivity contribution in [3.8, 4) is 0 Å². The predicted molar refractivity (Wildman–Crippen MR) is 57.5 cm³/mol. The van der Waals surface area contributed by atoms with Crippen LogP contribution in [0.3, 0.4) is 0 Å². The molecule has 1 N–H and O–H groups in total. The summed E-state index contributed by atoms with van der Waals surface area (Å²) in [6, 6.07) is 0. The number of aromatic nitrogens is 4. The van der Waals surface area contributed by atoms with Crippen molar-refractivity contribution in [1.82, 2.24) is 19.9 Å². The first-order valence-electron chi connectivity index (χ1n) is 4.68. The molecule has 0 saturated heterocycles. The molecule has 0 fully saturated rings. The van der Waals surface area contributed by atoms with Crippen LogP contribution in [0.5, 0.6) is 0 Å². The third-order valence-corrected chi connectivity index (χ3v) is 2.68. The normalized spacial score (nSPS) is 11.0. The number of nitrogens with one attached hydrogen (secondary N) is 1. The number of aryl methyl sites for hydroxylation is 1. The van der Waals surface area contributed by atoms with Gasteiger partial charge in [0.1, 0.15) is 5.52 Å². The van der Waals surface area contributed by atoms with Crippen LogP contribution in [-0.4, -0.2) is 25.7 Å². The standard InChI is InChI=1S/C9H12N4S/c1-3-6-7-8(11-5-10-7)13-9(12-6)14-4-2/h5H,3-4H2,1-2H3,(H,10,11,12,13). The highest BCUT2D eigenvalue weighted by Gasteiger charge is 2.07. The minimum atomic E-state index is 0.771.